The summed E-state index contributed by atoms with van der Waals surface area (Å²) in [6.45, 7) is 5.82. The van der Waals surface area contributed by atoms with Gasteiger partial charge < -0.3 is 10.1 Å². The van der Waals surface area contributed by atoms with Crippen LogP contribution in [0.2, 0.25) is 0 Å². The molecule has 0 aliphatic carbocycles. The minimum absolute atomic E-state index is 0.0112. The summed E-state index contributed by atoms with van der Waals surface area (Å²) >= 11 is 1.28. The molecule has 0 saturated heterocycles. The summed E-state index contributed by atoms with van der Waals surface area (Å²) < 4.78 is 58.4. The number of nitriles is 1. The van der Waals surface area contributed by atoms with Crippen LogP contribution in [0.15, 0.2) is 83.4 Å². The smallest absolute Gasteiger partial charge is 0.406 e. The van der Waals surface area contributed by atoms with Crippen LogP contribution in [0.1, 0.15) is 42.5 Å². The van der Waals surface area contributed by atoms with E-state index in [2.05, 4.69) is 31.2 Å². The van der Waals surface area contributed by atoms with Crippen molar-refractivity contribution in [3.63, 3.8) is 0 Å². The maximum absolute atomic E-state index is 14.0. The molecule has 14 heteroatoms. The van der Waals surface area contributed by atoms with Crippen LogP contribution in [-0.2, 0) is 0 Å². The van der Waals surface area contributed by atoms with E-state index in [1.807, 2.05) is 30.7 Å². The molecule has 0 bridgehead atoms. The molecular formula is C32H27F4N7O2S. The van der Waals surface area contributed by atoms with E-state index in [4.69, 9.17) is 0 Å². The largest absolute Gasteiger partial charge is 0.573 e. The van der Waals surface area contributed by atoms with E-state index in [9.17, 15) is 27.6 Å². The Morgan fingerprint density at radius 3 is 2.48 bits per heavy atom. The summed E-state index contributed by atoms with van der Waals surface area (Å²) in [5, 5.41) is 18.8. The number of hydrogen-bond donors (Lipinski definition) is 1. The molecule has 0 aliphatic rings. The summed E-state index contributed by atoms with van der Waals surface area (Å²) in [7, 11) is 0. The minimum Gasteiger partial charge on any atom is -0.406 e. The standard InChI is InChI=1S/C32H27F4N7O2S/c1-19(2)27-14-24(33)8-13-28(27)43-20(3)17-46-31(43)40-30(44)38-16-23(15-37)21-4-6-22(7-5-21)29-39-18-42(41-29)25-9-11-26(12-10-25)45-32(34,35)36/h4-14,17-19,23H,16H2,1-3H3,(H,38,44)/b40-31-. The molecule has 5 aromatic rings. The molecule has 1 unspecified atom stereocenters. The Morgan fingerprint density at radius 1 is 1.11 bits per heavy atom. The molecule has 46 heavy (non-hydrogen) atoms. The number of nitrogens with one attached hydrogen (secondary N) is 1. The van der Waals surface area contributed by atoms with Crippen molar-refractivity contribution >= 4 is 17.4 Å². The normalized spacial score (nSPS) is 12.6. The maximum Gasteiger partial charge on any atom is 0.573 e. The monoisotopic (exact) mass is 649 g/mol. The number of benzene rings is 3. The van der Waals surface area contributed by atoms with Crippen molar-refractivity contribution in [2.75, 3.05) is 6.54 Å². The number of aryl methyl sites for hydroxylation is 1. The van der Waals surface area contributed by atoms with Crippen LogP contribution >= 0.6 is 11.3 Å². The number of halogens is 4. The van der Waals surface area contributed by atoms with Gasteiger partial charge >= 0.3 is 12.4 Å². The van der Waals surface area contributed by atoms with Crippen LogP contribution in [0, 0.1) is 24.1 Å². The average molecular weight is 650 g/mol. The van der Waals surface area contributed by atoms with Crippen LogP contribution < -0.4 is 14.9 Å². The first-order valence-electron chi connectivity index (χ1n) is 14.0. The molecule has 236 valence electrons. The molecular weight excluding hydrogens is 622 g/mol. The van der Waals surface area contributed by atoms with E-state index >= 15 is 0 Å². The van der Waals surface area contributed by atoms with E-state index < -0.39 is 18.3 Å². The first-order chi connectivity index (χ1) is 21.9. The molecule has 2 amide bonds. The Kier molecular flexibility index (Phi) is 9.33. The van der Waals surface area contributed by atoms with Gasteiger partial charge in [-0.3, -0.25) is 4.57 Å². The topological polar surface area (TPSA) is 110 Å². The van der Waals surface area contributed by atoms with Gasteiger partial charge in [0.25, 0.3) is 0 Å². The molecule has 2 aromatic heterocycles. The zero-order valence-corrected chi connectivity index (χ0v) is 25.6. The first-order valence-corrected chi connectivity index (χ1v) is 14.9. The fourth-order valence-electron chi connectivity index (χ4n) is 4.69. The molecule has 2 heterocycles. The molecule has 0 saturated carbocycles. The van der Waals surface area contributed by atoms with Gasteiger partial charge in [-0.2, -0.15) is 10.3 Å². The molecule has 3 aromatic carbocycles. The lowest BCUT2D eigenvalue weighted by Gasteiger charge is -2.15. The lowest BCUT2D eigenvalue weighted by Crippen LogP contribution is -2.28. The fraction of sp³-hybridized carbons (Fsp3) is 0.219. The predicted molar refractivity (Wildman–Crippen MR) is 163 cm³/mol. The first kappa shape index (κ1) is 32.1. The number of nitrogens with zero attached hydrogens (tertiary/aromatic N) is 6. The van der Waals surface area contributed by atoms with Crippen molar-refractivity contribution in [2.24, 2.45) is 4.99 Å². The summed E-state index contributed by atoms with van der Waals surface area (Å²) in [4.78, 5) is 21.8. The SMILES string of the molecule is Cc1cs/c(=N\C(=O)NCC(C#N)c2ccc(-c3ncn(-c4ccc(OC(F)(F)F)cc4)n3)cc2)n1-c1ccc(F)cc1C(C)C. The van der Waals surface area contributed by atoms with Crippen LogP contribution in [-0.4, -0.2) is 38.3 Å². The Hall–Kier alpha value is -5.29. The highest BCUT2D eigenvalue weighted by molar-refractivity contribution is 7.07. The highest BCUT2D eigenvalue weighted by Gasteiger charge is 2.31. The van der Waals surface area contributed by atoms with Gasteiger partial charge in [0.1, 0.15) is 17.9 Å². The van der Waals surface area contributed by atoms with Crippen molar-refractivity contribution in [1.82, 2.24) is 24.6 Å². The number of amides is 2. The minimum atomic E-state index is -4.78. The Morgan fingerprint density at radius 2 is 1.83 bits per heavy atom. The van der Waals surface area contributed by atoms with Crippen LogP contribution in [0.5, 0.6) is 5.75 Å². The summed E-state index contributed by atoms with van der Waals surface area (Å²) in [6, 6.07) is 18.2. The van der Waals surface area contributed by atoms with Gasteiger partial charge in [0, 0.05) is 23.2 Å². The number of thiazole rings is 1. The quantitative estimate of drug-likeness (QED) is 0.179. The number of rotatable bonds is 8. The van der Waals surface area contributed by atoms with Gasteiger partial charge in [0.05, 0.1) is 23.4 Å². The van der Waals surface area contributed by atoms with E-state index in [1.165, 1.54) is 58.7 Å². The van der Waals surface area contributed by atoms with Gasteiger partial charge in [-0.25, -0.2) is 18.9 Å². The molecule has 0 radical (unpaired) electrons. The number of carbonyl (C=O) groups is 1. The van der Waals surface area contributed by atoms with Crippen molar-refractivity contribution in [3.8, 4) is 34.6 Å². The number of alkyl halides is 3. The molecule has 0 spiro atoms. The lowest BCUT2D eigenvalue weighted by atomic mass is 9.99. The zero-order valence-electron chi connectivity index (χ0n) is 24.8. The summed E-state index contributed by atoms with van der Waals surface area (Å²) in [6.07, 6.45) is -3.35. The van der Waals surface area contributed by atoms with Gasteiger partial charge in [-0.15, -0.1) is 29.6 Å². The van der Waals surface area contributed by atoms with Gasteiger partial charge in [0.2, 0.25) is 0 Å². The number of carbonyl (C=O) groups excluding carboxylic acids is 1. The van der Waals surface area contributed by atoms with Crippen molar-refractivity contribution in [3.05, 3.63) is 106 Å². The molecule has 9 nitrogen and oxygen atoms in total. The van der Waals surface area contributed by atoms with Crippen molar-refractivity contribution < 1.29 is 27.1 Å². The zero-order chi connectivity index (χ0) is 33.0. The molecule has 0 fully saturated rings. The third-order valence-corrected chi connectivity index (χ3v) is 7.88. The molecule has 1 atom stereocenters. The average Bonchev–Trinajstić information content (AvgIpc) is 3.64. The maximum atomic E-state index is 14.0. The van der Waals surface area contributed by atoms with Crippen LogP contribution in [0.3, 0.4) is 0 Å². The predicted octanol–water partition coefficient (Wildman–Crippen LogP) is 7.17. The Labute approximate surface area is 265 Å². The van der Waals surface area contributed by atoms with Crippen LogP contribution in [0.25, 0.3) is 22.8 Å². The van der Waals surface area contributed by atoms with Gasteiger partial charge in [-0.1, -0.05) is 38.1 Å². The third kappa shape index (κ3) is 7.49. The number of aromatic nitrogens is 4. The van der Waals surface area contributed by atoms with E-state index in [1.54, 1.807) is 30.3 Å². The second-order valence-corrected chi connectivity index (χ2v) is 11.3. The van der Waals surface area contributed by atoms with Crippen LogP contribution in [0.4, 0.5) is 22.4 Å². The Balaban J connectivity index is 1.26. The summed E-state index contributed by atoms with van der Waals surface area (Å²) in [5.74, 6) is -0.955. The molecule has 1 N–H and O–H groups in total. The second kappa shape index (κ2) is 13.4. The second-order valence-electron chi connectivity index (χ2n) is 10.5. The van der Waals surface area contributed by atoms with Crippen molar-refractivity contribution in [2.45, 2.75) is 39.0 Å². The van der Waals surface area contributed by atoms with Gasteiger partial charge in [0.15, 0.2) is 10.6 Å². The number of ether oxygens (including phenoxy) is 1. The van der Waals surface area contributed by atoms with E-state index in [-0.39, 0.29) is 24.0 Å². The molecule has 0 aliphatic heterocycles. The summed E-state index contributed by atoms with van der Waals surface area (Å²) in [5.41, 5.74) is 4.15. The Bertz CT molecular complexity index is 1950. The number of urea groups is 1. The number of hydrogen-bond acceptors (Lipinski definition) is 6. The van der Waals surface area contributed by atoms with E-state index in [0.717, 1.165) is 16.9 Å². The lowest BCUT2D eigenvalue weighted by molar-refractivity contribution is -0.274. The van der Waals surface area contributed by atoms with E-state index in [0.29, 0.717) is 27.4 Å². The molecule has 5 rings (SSSR count). The third-order valence-electron chi connectivity index (χ3n) is 6.94. The highest BCUT2D eigenvalue weighted by atomic mass is 32.1. The van der Waals surface area contributed by atoms with Gasteiger partial charge in [-0.05, 0) is 66.4 Å². The fourth-order valence-corrected chi connectivity index (χ4v) is 5.56. The highest BCUT2D eigenvalue weighted by Crippen LogP contribution is 2.26. The van der Waals surface area contributed by atoms with Crippen molar-refractivity contribution in [1.29, 1.82) is 5.26 Å².